The molecule has 1 aliphatic rings. The van der Waals surface area contributed by atoms with Crippen molar-refractivity contribution in [3.63, 3.8) is 0 Å². The minimum atomic E-state index is 0.496. The number of hydrogen-bond acceptors (Lipinski definition) is 3. The normalized spacial score (nSPS) is 17.1. The largest absolute Gasteiger partial charge is 0.368 e. The van der Waals surface area contributed by atoms with Crippen LogP contribution in [0.2, 0.25) is 0 Å². The van der Waals surface area contributed by atoms with Crippen molar-refractivity contribution in [1.82, 2.24) is 10.3 Å². The second-order valence-corrected chi connectivity index (χ2v) is 4.30. The summed E-state index contributed by atoms with van der Waals surface area (Å²) in [6.07, 6.45) is 1.89. The topological polar surface area (TPSA) is 28.2 Å². The Balaban J connectivity index is 2.25. The number of aromatic nitrogens is 1. The Hall–Kier alpha value is -1.09. The quantitative estimate of drug-likeness (QED) is 0.795. The second-order valence-electron chi connectivity index (χ2n) is 4.30. The molecule has 15 heavy (non-hydrogen) atoms. The summed E-state index contributed by atoms with van der Waals surface area (Å²) in [4.78, 5) is 6.92. The maximum atomic E-state index is 4.49. The van der Waals surface area contributed by atoms with E-state index in [4.69, 9.17) is 0 Å². The van der Waals surface area contributed by atoms with Gasteiger partial charge in [0.2, 0.25) is 0 Å². The van der Waals surface area contributed by atoms with Crippen LogP contribution in [0.15, 0.2) is 18.3 Å². The van der Waals surface area contributed by atoms with Crippen molar-refractivity contribution in [2.24, 2.45) is 0 Å². The van der Waals surface area contributed by atoms with E-state index in [2.05, 4.69) is 35.1 Å². The third-order valence-electron chi connectivity index (χ3n) is 2.82. The van der Waals surface area contributed by atoms with Crippen LogP contribution >= 0.6 is 0 Å². The van der Waals surface area contributed by atoms with Gasteiger partial charge in [0, 0.05) is 32.4 Å². The van der Waals surface area contributed by atoms with Crippen molar-refractivity contribution in [2.75, 3.05) is 31.1 Å². The van der Waals surface area contributed by atoms with Gasteiger partial charge in [-0.15, -0.1) is 0 Å². The molecular weight excluding hydrogens is 186 g/mol. The monoisotopic (exact) mass is 205 g/mol. The summed E-state index contributed by atoms with van der Waals surface area (Å²) in [6.45, 7) is 8.73. The lowest BCUT2D eigenvalue weighted by Gasteiger charge is -2.31. The molecule has 0 radical (unpaired) electrons. The van der Waals surface area contributed by atoms with Crippen LogP contribution in [0.4, 0.5) is 5.69 Å². The molecule has 2 heterocycles. The summed E-state index contributed by atoms with van der Waals surface area (Å²) in [5, 5.41) is 3.37. The molecule has 1 aliphatic heterocycles. The van der Waals surface area contributed by atoms with Crippen molar-refractivity contribution in [3.05, 3.63) is 24.0 Å². The highest BCUT2D eigenvalue weighted by Crippen LogP contribution is 2.25. The van der Waals surface area contributed by atoms with Crippen molar-refractivity contribution >= 4 is 5.69 Å². The van der Waals surface area contributed by atoms with Crippen molar-refractivity contribution < 1.29 is 0 Å². The molecule has 0 atom stereocenters. The van der Waals surface area contributed by atoms with E-state index in [1.165, 1.54) is 11.4 Å². The van der Waals surface area contributed by atoms with E-state index in [0.717, 1.165) is 26.2 Å². The van der Waals surface area contributed by atoms with Crippen LogP contribution in [0.5, 0.6) is 0 Å². The van der Waals surface area contributed by atoms with Crippen molar-refractivity contribution in [1.29, 1.82) is 0 Å². The van der Waals surface area contributed by atoms with Gasteiger partial charge in [0.15, 0.2) is 0 Å². The van der Waals surface area contributed by atoms with E-state index in [1.54, 1.807) is 0 Å². The molecule has 0 saturated carbocycles. The Morgan fingerprint density at radius 1 is 1.33 bits per heavy atom. The molecular formula is C12H19N3. The van der Waals surface area contributed by atoms with E-state index in [9.17, 15) is 0 Å². The number of piperazine rings is 1. The molecule has 1 N–H and O–H groups in total. The van der Waals surface area contributed by atoms with Crippen LogP contribution in [-0.2, 0) is 0 Å². The predicted molar refractivity (Wildman–Crippen MR) is 63.4 cm³/mol. The van der Waals surface area contributed by atoms with Crippen molar-refractivity contribution in [2.45, 2.75) is 19.8 Å². The molecule has 3 nitrogen and oxygen atoms in total. The van der Waals surface area contributed by atoms with Crippen LogP contribution in [0.25, 0.3) is 0 Å². The average molecular weight is 205 g/mol. The van der Waals surface area contributed by atoms with E-state index in [0.29, 0.717) is 5.92 Å². The Kier molecular flexibility index (Phi) is 3.21. The van der Waals surface area contributed by atoms with Gasteiger partial charge in [-0.05, 0) is 18.1 Å². The lowest BCUT2D eigenvalue weighted by molar-refractivity contribution is 0.585. The van der Waals surface area contributed by atoms with Crippen molar-refractivity contribution in [3.8, 4) is 0 Å². The predicted octanol–water partition coefficient (Wildman–Crippen LogP) is 1.61. The third-order valence-corrected chi connectivity index (χ3v) is 2.82. The van der Waals surface area contributed by atoms with Gasteiger partial charge < -0.3 is 10.2 Å². The fraction of sp³-hybridized carbons (Fsp3) is 0.583. The fourth-order valence-corrected chi connectivity index (χ4v) is 2.03. The first kappa shape index (κ1) is 10.4. The average Bonchev–Trinajstić information content (AvgIpc) is 2.30. The van der Waals surface area contributed by atoms with Crippen LogP contribution in [0.1, 0.15) is 25.5 Å². The minimum absolute atomic E-state index is 0.496. The lowest BCUT2D eigenvalue weighted by Crippen LogP contribution is -2.44. The summed E-state index contributed by atoms with van der Waals surface area (Å²) in [5.41, 5.74) is 2.54. The molecule has 0 aliphatic carbocycles. The summed E-state index contributed by atoms with van der Waals surface area (Å²) in [5.74, 6) is 0.496. The molecule has 0 spiro atoms. The standard InChI is InChI=1S/C12H19N3/c1-10(2)12-11(4-3-5-14-12)15-8-6-13-7-9-15/h3-5,10,13H,6-9H2,1-2H3. The van der Waals surface area contributed by atoms with E-state index < -0.39 is 0 Å². The molecule has 3 heteroatoms. The van der Waals surface area contributed by atoms with Gasteiger partial charge in [-0.25, -0.2) is 0 Å². The molecule has 1 aromatic heterocycles. The maximum absolute atomic E-state index is 4.49. The van der Waals surface area contributed by atoms with Gasteiger partial charge in [0.25, 0.3) is 0 Å². The van der Waals surface area contributed by atoms with E-state index >= 15 is 0 Å². The summed E-state index contributed by atoms with van der Waals surface area (Å²) in [6, 6.07) is 4.22. The highest BCUT2D eigenvalue weighted by Gasteiger charge is 2.15. The van der Waals surface area contributed by atoms with Gasteiger partial charge in [-0.3, -0.25) is 4.98 Å². The SMILES string of the molecule is CC(C)c1ncccc1N1CCNCC1. The molecule has 0 amide bonds. The molecule has 0 aromatic carbocycles. The molecule has 0 bridgehead atoms. The first-order valence-electron chi connectivity index (χ1n) is 5.69. The zero-order chi connectivity index (χ0) is 10.7. The van der Waals surface area contributed by atoms with E-state index in [1.807, 2.05) is 12.3 Å². The Morgan fingerprint density at radius 2 is 2.07 bits per heavy atom. The van der Waals surface area contributed by atoms with Gasteiger partial charge in [-0.2, -0.15) is 0 Å². The first-order chi connectivity index (χ1) is 7.29. The molecule has 0 unspecified atom stereocenters. The third kappa shape index (κ3) is 2.29. The second kappa shape index (κ2) is 4.62. The maximum Gasteiger partial charge on any atom is 0.0662 e. The Bertz CT molecular complexity index is 316. The zero-order valence-electron chi connectivity index (χ0n) is 9.53. The van der Waals surface area contributed by atoms with Crippen LogP contribution < -0.4 is 10.2 Å². The fourth-order valence-electron chi connectivity index (χ4n) is 2.03. The van der Waals surface area contributed by atoms with Gasteiger partial charge in [0.05, 0.1) is 11.4 Å². The first-order valence-corrected chi connectivity index (χ1v) is 5.69. The summed E-state index contributed by atoms with van der Waals surface area (Å²) < 4.78 is 0. The minimum Gasteiger partial charge on any atom is -0.368 e. The molecule has 82 valence electrons. The summed E-state index contributed by atoms with van der Waals surface area (Å²) in [7, 11) is 0. The number of rotatable bonds is 2. The summed E-state index contributed by atoms with van der Waals surface area (Å²) >= 11 is 0. The molecule has 1 saturated heterocycles. The Morgan fingerprint density at radius 3 is 2.73 bits per heavy atom. The van der Waals surface area contributed by atoms with E-state index in [-0.39, 0.29) is 0 Å². The van der Waals surface area contributed by atoms with Crippen LogP contribution in [0.3, 0.4) is 0 Å². The highest BCUT2D eigenvalue weighted by atomic mass is 15.2. The van der Waals surface area contributed by atoms with Gasteiger partial charge in [0.1, 0.15) is 0 Å². The molecule has 2 rings (SSSR count). The number of nitrogens with zero attached hydrogens (tertiary/aromatic N) is 2. The number of anilines is 1. The smallest absolute Gasteiger partial charge is 0.0662 e. The van der Waals surface area contributed by atoms with Gasteiger partial charge in [-0.1, -0.05) is 13.8 Å². The number of hydrogen-bond donors (Lipinski definition) is 1. The number of nitrogens with one attached hydrogen (secondary N) is 1. The lowest BCUT2D eigenvalue weighted by atomic mass is 10.1. The van der Waals surface area contributed by atoms with Crippen LogP contribution in [0, 0.1) is 0 Å². The molecule has 1 fully saturated rings. The zero-order valence-corrected chi connectivity index (χ0v) is 9.53. The van der Waals surface area contributed by atoms with Gasteiger partial charge >= 0.3 is 0 Å². The molecule has 1 aromatic rings. The number of pyridine rings is 1. The highest BCUT2D eigenvalue weighted by molar-refractivity contribution is 5.52. The van der Waals surface area contributed by atoms with Crippen LogP contribution in [-0.4, -0.2) is 31.2 Å². The Labute approximate surface area is 91.5 Å².